The van der Waals surface area contributed by atoms with E-state index in [0.29, 0.717) is 12.8 Å². The molecule has 8 heteroatoms. The number of aromatic nitrogens is 1. The molecule has 1 saturated heterocycles. The van der Waals surface area contributed by atoms with Gasteiger partial charge in [-0.25, -0.2) is 8.42 Å². The molecule has 1 aliphatic rings. The minimum atomic E-state index is -3.79. The van der Waals surface area contributed by atoms with Gasteiger partial charge < -0.3 is 11.5 Å². The number of primary amides is 1. The lowest BCUT2D eigenvalue weighted by molar-refractivity contribution is -0.121. The van der Waals surface area contributed by atoms with Gasteiger partial charge in [-0.1, -0.05) is 0 Å². The summed E-state index contributed by atoms with van der Waals surface area (Å²) in [6.07, 6.45) is 2.55. The Balaban J connectivity index is 2.45. The van der Waals surface area contributed by atoms with Gasteiger partial charge in [0.15, 0.2) is 0 Å². The molecule has 2 rings (SSSR count). The molecule has 1 amide bonds. The second kappa shape index (κ2) is 5.24. The van der Waals surface area contributed by atoms with Crippen molar-refractivity contribution in [3.8, 4) is 0 Å². The van der Waals surface area contributed by atoms with Gasteiger partial charge in [0.25, 0.3) is 0 Å². The van der Waals surface area contributed by atoms with Crippen LogP contribution in [0.4, 0.5) is 0 Å². The van der Waals surface area contributed by atoms with Gasteiger partial charge in [0.1, 0.15) is 10.9 Å². The predicted octanol–water partition coefficient (Wildman–Crippen LogP) is -0.821. The van der Waals surface area contributed by atoms with E-state index in [1.165, 1.54) is 18.3 Å². The lowest BCUT2D eigenvalue weighted by atomic mass is 10.2. The summed E-state index contributed by atoms with van der Waals surface area (Å²) in [5.74, 6) is -0.626. The fraction of sp³-hybridized carbons (Fsp3) is 0.455. The van der Waals surface area contributed by atoms with E-state index in [-0.39, 0.29) is 23.7 Å². The highest BCUT2D eigenvalue weighted by Gasteiger charge is 2.39. The molecular weight excluding hydrogens is 268 g/mol. The smallest absolute Gasteiger partial charge is 0.245 e. The maximum atomic E-state index is 12.6. The molecule has 0 radical (unpaired) electrons. The molecule has 7 nitrogen and oxygen atoms in total. The Labute approximate surface area is 111 Å². The third kappa shape index (κ3) is 2.46. The Hall–Kier alpha value is -1.51. The number of carbonyl (C=O) groups excluding carboxylic acids is 1. The molecule has 1 aromatic heterocycles. The second-order valence-electron chi connectivity index (χ2n) is 4.33. The van der Waals surface area contributed by atoms with Gasteiger partial charge in [-0.2, -0.15) is 4.31 Å². The average Bonchev–Trinajstić information content (AvgIpc) is 2.88. The summed E-state index contributed by atoms with van der Waals surface area (Å²) in [7, 11) is -3.79. The highest BCUT2D eigenvalue weighted by Crippen LogP contribution is 2.26. The van der Waals surface area contributed by atoms with Crippen LogP contribution in [0.25, 0.3) is 0 Å². The van der Waals surface area contributed by atoms with Gasteiger partial charge >= 0.3 is 0 Å². The highest BCUT2D eigenvalue weighted by molar-refractivity contribution is 7.89. The number of hydrogen-bond donors (Lipinski definition) is 2. The molecule has 1 aromatic rings. The van der Waals surface area contributed by atoms with Crippen molar-refractivity contribution < 1.29 is 13.2 Å². The fourth-order valence-corrected chi connectivity index (χ4v) is 4.10. The SMILES string of the molecule is NCc1ncccc1S(=O)(=O)N1CCCC1C(N)=O. The molecule has 0 aliphatic carbocycles. The number of rotatable bonds is 4. The van der Waals surface area contributed by atoms with Crippen LogP contribution >= 0.6 is 0 Å². The summed E-state index contributed by atoms with van der Waals surface area (Å²) >= 11 is 0. The van der Waals surface area contributed by atoms with E-state index in [9.17, 15) is 13.2 Å². The molecule has 0 spiro atoms. The first-order valence-electron chi connectivity index (χ1n) is 5.93. The highest BCUT2D eigenvalue weighted by atomic mass is 32.2. The Kier molecular flexibility index (Phi) is 3.83. The average molecular weight is 284 g/mol. The summed E-state index contributed by atoms with van der Waals surface area (Å²) in [6, 6.07) is 2.19. The Morgan fingerprint density at radius 3 is 2.89 bits per heavy atom. The number of carbonyl (C=O) groups is 1. The van der Waals surface area contributed by atoms with Crippen molar-refractivity contribution in [2.75, 3.05) is 6.54 Å². The molecule has 1 atom stereocenters. The number of hydrogen-bond acceptors (Lipinski definition) is 5. The summed E-state index contributed by atoms with van der Waals surface area (Å²) in [5, 5.41) is 0. The van der Waals surface area contributed by atoms with Crippen molar-refractivity contribution in [1.29, 1.82) is 0 Å². The molecule has 1 unspecified atom stereocenters. The van der Waals surface area contributed by atoms with E-state index in [1.807, 2.05) is 0 Å². The van der Waals surface area contributed by atoms with E-state index in [4.69, 9.17) is 11.5 Å². The van der Waals surface area contributed by atoms with Gasteiger partial charge in [-0.05, 0) is 25.0 Å². The van der Waals surface area contributed by atoms with Gasteiger partial charge in [0, 0.05) is 19.3 Å². The van der Waals surface area contributed by atoms with Gasteiger partial charge in [0.2, 0.25) is 15.9 Å². The molecular formula is C11H16N4O3S. The van der Waals surface area contributed by atoms with Crippen LogP contribution in [0, 0.1) is 0 Å². The molecule has 0 saturated carbocycles. The minimum Gasteiger partial charge on any atom is -0.368 e. The Morgan fingerprint density at radius 1 is 1.53 bits per heavy atom. The lowest BCUT2D eigenvalue weighted by Gasteiger charge is -2.22. The molecule has 19 heavy (non-hydrogen) atoms. The van der Waals surface area contributed by atoms with Crippen molar-refractivity contribution in [2.24, 2.45) is 11.5 Å². The summed E-state index contributed by atoms with van der Waals surface area (Å²) in [5.41, 5.74) is 11.0. The zero-order valence-corrected chi connectivity index (χ0v) is 11.1. The summed E-state index contributed by atoms with van der Waals surface area (Å²) in [4.78, 5) is 15.3. The monoisotopic (exact) mass is 284 g/mol. The quantitative estimate of drug-likeness (QED) is 0.748. The van der Waals surface area contributed by atoms with E-state index >= 15 is 0 Å². The molecule has 4 N–H and O–H groups in total. The number of nitrogens with zero attached hydrogens (tertiary/aromatic N) is 2. The van der Waals surface area contributed by atoms with Crippen molar-refractivity contribution >= 4 is 15.9 Å². The molecule has 0 bridgehead atoms. The van der Waals surface area contributed by atoms with Gasteiger partial charge in [0.05, 0.1) is 5.69 Å². The number of nitrogens with two attached hydrogens (primary N) is 2. The number of sulfonamides is 1. The third-order valence-electron chi connectivity index (χ3n) is 3.16. The topological polar surface area (TPSA) is 119 Å². The number of amides is 1. The van der Waals surface area contributed by atoms with Crippen LogP contribution in [-0.4, -0.2) is 36.2 Å². The first-order valence-corrected chi connectivity index (χ1v) is 7.37. The van der Waals surface area contributed by atoms with Crippen LogP contribution in [0.1, 0.15) is 18.5 Å². The zero-order chi connectivity index (χ0) is 14.0. The van der Waals surface area contributed by atoms with E-state index < -0.39 is 22.0 Å². The predicted molar refractivity (Wildman–Crippen MR) is 68.2 cm³/mol. The number of pyridine rings is 1. The lowest BCUT2D eigenvalue weighted by Crippen LogP contribution is -2.43. The zero-order valence-electron chi connectivity index (χ0n) is 10.3. The van der Waals surface area contributed by atoms with Gasteiger partial charge in [-0.3, -0.25) is 9.78 Å². The Bertz CT molecular complexity index is 587. The van der Waals surface area contributed by atoms with E-state index in [2.05, 4.69) is 4.98 Å². The maximum absolute atomic E-state index is 12.6. The summed E-state index contributed by atoms with van der Waals surface area (Å²) in [6.45, 7) is 0.305. The first-order chi connectivity index (χ1) is 8.98. The third-order valence-corrected chi connectivity index (χ3v) is 5.14. The first kappa shape index (κ1) is 13.9. The summed E-state index contributed by atoms with van der Waals surface area (Å²) < 4.78 is 26.2. The maximum Gasteiger partial charge on any atom is 0.245 e. The fourth-order valence-electron chi connectivity index (χ4n) is 2.25. The van der Waals surface area contributed by atoms with Crippen molar-refractivity contribution in [3.63, 3.8) is 0 Å². The molecule has 0 aromatic carbocycles. The molecule has 1 aliphatic heterocycles. The Morgan fingerprint density at radius 2 is 2.26 bits per heavy atom. The minimum absolute atomic E-state index is 0.0183. The van der Waals surface area contributed by atoms with Crippen LogP contribution in [0.15, 0.2) is 23.2 Å². The normalized spacial score (nSPS) is 20.6. The van der Waals surface area contributed by atoms with E-state index in [1.54, 1.807) is 0 Å². The van der Waals surface area contributed by atoms with Crippen LogP contribution in [-0.2, 0) is 21.4 Å². The molecule has 104 valence electrons. The van der Waals surface area contributed by atoms with Crippen LogP contribution in [0.5, 0.6) is 0 Å². The van der Waals surface area contributed by atoms with Crippen LogP contribution in [0.2, 0.25) is 0 Å². The van der Waals surface area contributed by atoms with E-state index in [0.717, 1.165) is 4.31 Å². The van der Waals surface area contributed by atoms with Gasteiger partial charge in [-0.15, -0.1) is 0 Å². The molecule has 2 heterocycles. The van der Waals surface area contributed by atoms with Crippen molar-refractivity contribution in [3.05, 3.63) is 24.0 Å². The second-order valence-corrected chi connectivity index (χ2v) is 6.19. The molecule has 1 fully saturated rings. The van der Waals surface area contributed by atoms with Crippen LogP contribution in [0.3, 0.4) is 0 Å². The standard InChI is InChI=1S/C11H16N4O3S/c12-7-8-10(4-1-5-14-8)19(17,18)15-6-2-3-9(15)11(13)16/h1,4-5,9H,2-3,6-7,12H2,(H2,13,16). The largest absolute Gasteiger partial charge is 0.368 e. The van der Waals surface area contributed by atoms with Crippen LogP contribution < -0.4 is 11.5 Å². The van der Waals surface area contributed by atoms with Crippen molar-refractivity contribution in [2.45, 2.75) is 30.3 Å². The van der Waals surface area contributed by atoms with Crippen molar-refractivity contribution in [1.82, 2.24) is 9.29 Å².